The van der Waals surface area contributed by atoms with Crippen molar-refractivity contribution in [3.8, 4) is 11.3 Å². The predicted molar refractivity (Wildman–Crippen MR) is 125 cm³/mol. The van der Waals surface area contributed by atoms with E-state index in [1.807, 2.05) is 17.5 Å². The van der Waals surface area contributed by atoms with Gasteiger partial charge in [-0.25, -0.2) is 0 Å². The molecule has 0 fully saturated rings. The van der Waals surface area contributed by atoms with Crippen LogP contribution in [-0.2, 0) is 5.41 Å². The van der Waals surface area contributed by atoms with E-state index in [0.717, 1.165) is 27.8 Å². The van der Waals surface area contributed by atoms with E-state index in [0.29, 0.717) is 0 Å². The van der Waals surface area contributed by atoms with Crippen molar-refractivity contribution in [2.75, 3.05) is 0 Å². The van der Waals surface area contributed by atoms with Crippen molar-refractivity contribution >= 4 is 43.4 Å². The standard InChI is InChI=1S/C26H25NOS/c1-14-13-27-22(12-21(14)26(4,5)6)18-9-7-8-17-20-11-24-19(15(2)16(3)29-24)10-23(20)28-25(17)18/h7-13H,1-6H3. The molecule has 5 rings (SSSR count). The summed E-state index contributed by atoms with van der Waals surface area (Å²) in [5.74, 6) is 0. The zero-order valence-electron chi connectivity index (χ0n) is 17.8. The maximum Gasteiger partial charge on any atom is 0.144 e. The lowest BCUT2D eigenvalue weighted by atomic mass is 9.84. The normalized spacial score (nSPS) is 12.5. The smallest absolute Gasteiger partial charge is 0.144 e. The van der Waals surface area contributed by atoms with Gasteiger partial charge in [0.1, 0.15) is 11.2 Å². The summed E-state index contributed by atoms with van der Waals surface area (Å²) in [4.78, 5) is 6.13. The van der Waals surface area contributed by atoms with E-state index in [-0.39, 0.29) is 5.41 Å². The third-order valence-corrected chi connectivity index (χ3v) is 7.15. The summed E-state index contributed by atoms with van der Waals surface area (Å²) >= 11 is 1.86. The van der Waals surface area contributed by atoms with Gasteiger partial charge in [-0.15, -0.1) is 11.3 Å². The fraction of sp³-hybridized carbons (Fsp3) is 0.269. The number of hydrogen-bond donors (Lipinski definition) is 0. The predicted octanol–water partition coefficient (Wildman–Crippen LogP) is 8.09. The average Bonchev–Trinajstić information content (AvgIpc) is 3.16. The number of aromatic nitrogens is 1. The topological polar surface area (TPSA) is 26.0 Å². The molecular weight excluding hydrogens is 374 g/mol. The molecule has 0 saturated carbocycles. The zero-order valence-corrected chi connectivity index (χ0v) is 18.6. The lowest BCUT2D eigenvalue weighted by Gasteiger charge is -2.22. The third kappa shape index (κ3) is 2.79. The summed E-state index contributed by atoms with van der Waals surface area (Å²) in [5, 5.41) is 3.63. The molecule has 0 aliphatic heterocycles. The number of nitrogens with zero attached hydrogens (tertiary/aromatic N) is 1. The van der Waals surface area contributed by atoms with Crippen molar-refractivity contribution in [2.45, 2.75) is 47.0 Å². The number of para-hydroxylation sites is 1. The van der Waals surface area contributed by atoms with Gasteiger partial charge in [0.25, 0.3) is 0 Å². The first-order chi connectivity index (χ1) is 13.7. The second-order valence-electron chi connectivity index (χ2n) is 9.05. The molecule has 0 N–H and O–H groups in total. The fourth-order valence-electron chi connectivity index (χ4n) is 4.31. The third-order valence-electron chi connectivity index (χ3n) is 5.98. The highest BCUT2D eigenvalue weighted by atomic mass is 32.1. The Hall–Kier alpha value is -2.65. The van der Waals surface area contributed by atoms with Gasteiger partial charge in [0.15, 0.2) is 0 Å². The largest absolute Gasteiger partial charge is 0.455 e. The molecule has 3 heteroatoms. The van der Waals surface area contributed by atoms with Gasteiger partial charge in [0.2, 0.25) is 0 Å². The van der Waals surface area contributed by atoms with Crippen LogP contribution in [0, 0.1) is 20.8 Å². The summed E-state index contributed by atoms with van der Waals surface area (Å²) in [6, 6.07) is 13.1. The highest BCUT2D eigenvalue weighted by molar-refractivity contribution is 7.19. The van der Waals surface area contributed by atoms with E-state index in [1.165, 1.54) is 37.0 Å². The minimum Gasteiger partial charge on any atom is -0.455 e. The zero-order chi connectivity index (χ0) is 20.5. The second kappa shape index (κ2) is 6.17. The second-order valence-corrected chi connectivity index (χ2v) is 10.3. The minimum atomic E-state index is 0.0727. The van der Waals surface area contributed by atoms with Crippen LogP contribution in [0.2, 0.25) is 0 Å². The van der Waals surface area contributed by atoms with Crippen LogP contribution in [0.4, 0.5) is 0 Å². The molecule has 0 atom stereocenters. The highest BCUT2D eigenvalue weighted by Crippen LogP contribution is 2.40. The Morgan fingerprint density at radius 1 is 0.931 bits per heavy atom. The number of pyridine rings is 1. The van der Waals surface area contributed by atoms with E-state index >= 15 is 0 Å². The van der Waals surface area contributed by atoms with Gasteiger partial charge in [-0.05, 0) is 72.5 Å². The first-order valence-electron chi connectivity index (χ1n) is 10.1. The highest BCUT2D eigenvalue weighted by Gasteiger charge is 2.20. The maximum atomic E-state index is 6.43. The quantitative estimate of drug-likeness (QED) is 0.285. The minimum absolute atomic E-state index is 0.0727. The Labute approximate surface area is 175 Å². The van der Waals surface area contributed by atoms with E-state index in [2.05, 4.69) is 77.9 Å². The van der Waals surface area contributed by atoms with Gasteiger partial charge in [-0.2, -0.15) is 0 Å². The van der Waals surface area contributed by atoms with Crippen molar-refractivity contribution in [3.05, 3.63) is 64.2 Å². The van der Waals surface area contributed by atoms with E-state index in [4.69, 9.17) is 9.40 Å². The number of rotatable bonds is 1. The molecule has 2 aromatic carbocycles. The number of hydrogen-bond acceptors (Lipinski definition) is 3. The summed E-state index contributed by atoms with van der Waals surface area (Å²) in [6.07, 6.45) is 1.99. The molecule has 5 aromatic rings. The van der Waals surface area contributed by atoms with Crippen molar-refractivity contribution in [1.82, 2.24) is 4.98 Å². The Morgan fingerprint density at radius 3 is 2.48 bits per heavy atom. The summed E-state index contributed by atoms with van der Waals surface area (Å²) in [5.41, 5.74) is 7.87. The van der Waals surface area contributed by atoms with Crippen LogP contribution < -0.4 is 0 Å². The van der Waals surface area contributed by atoms with Crippen LogP contribution in [0.25, 0.3) is 43.3 Å². The van der Waals surface area contributed by atoms with Gasteiger partial charge < -0.3 is 4.42 Å². The van der Waals surface area contributed by atoms with Crippen LogP contribution in [-0.4, -0.2) is 4.98 Å². The van der Waals surface area contributed by atoms with Crippen LogP contribution >= 0.6 is 11.3 Å². The summed E-state index contributed by atoms with van der Waals surface area (Å²) in [6.45, 7) is 13.3. The molecule has 0 aliphatic rings. The molecule has 0 saturated heterocycles. The van der Waals surface area contributed by atoms with E-state index in [1.54, 1.807) is 0 Å². The molecule has 3 aromatic heterocycles. The van der Waals surface area contributed by atoms with Crippen molar-refractivity contribution in [3.63, 3.8) is 0 Å². The molecule has 0 unspecified atom stereocenters. The summed E-state index contributed by atoms with van der Waals surface area (Å²) in [7, 11) is 0. The monoisotopic (exact) mass is 399 g/mol. The SMILES string of the molecule is Cc1cnc(-c2cccc3c2oc2cc4c(C)c(C)sc4cc23)cc1C(C)(C)C. The van der Waals surface area contributed by atoms with Gasteiger partial charge in [0.05, 0.1) is 5.69 Å². The number of benzene rings is 2. The van der Waals surface area contributed by atoms with Gasteiger partial charge in [0, 0.05) is 32.1 Å². The fourth-order valence-corrected chi connectivity index (χ4v) is 5.40. The first-order valence-corrected chi connectivity index (χ1v) is 10.9. The molecular formula is C26H25NOS. The lowest BCUT2D eigenvalue weighted by Crippen LogP contribution is -2.13. The number of aryl methyl sites for hydroxylation is 3. The molecule has 0 amide bonds. The molecule has 0 bridgehead atoms. The lowest BCUT2D eigenvalue weighted by molar-refractivity contribution is 0.585. The van der Waals surface area contributed by atoms with Crippen LogP contribution in [0.1, 0.15) is 42.3 Å². The van der Waals surface area contributed by atoms with Crippen molar-refractivity contribution in [2.24, 2.45) is 0 Å². The Bertz CT molecular complexity index is 1410. The number of fused-ring (bicyclic) bond motifs is 4. The van der Waals surface area contributed by atoms with Gasteiger partial charge in [-0.1, -0.05) is 32.9 Å². The maximum absolute atomic E-state index is 6.43. The average molecular weight is 400 g/mol. The number of furan rings is 1. The van der Waals surface area contributed by atoms with Crippen LogP contribution in [0.3, 0.4) is 0 Å². The van der Waals surface area contributed by atoms with Crippen molar-refractivity contribution in [1.29, 1.82) is 0 Å². The molecule has 146 valence electrons. The van der Waals surface area contributed by atoms with Crippen molar-refractivity contribution < 1.29 is 4.42 Å². The molecule has 3 heterocycles. The number of thiophene rings is 1. The molecule has 0 radical (unpaired) electrons. The summed E-state index contributed by atoms with van der Waals surface area (Å²) < 4.78 is 7.75. The Balaban J connectivity index is 1.80. The molecule has 0 spiro atoms. The van der Waals surface area contributed by atoms with Crippen LogP contribution in [0.15, 0.2) is 47.0 Å². The molecule has 2 nitrogen and oxygen atoms in total. The molecule has 0 aliphatic carbocycles. The first kappa shape index (κ1) is 18.4. The molecule has 29 heavy (non-hydrogen) atoms. The van der Waals surface area contributed by atoms with E-state index < -0.39 is 0 Å². The van der Waals surface area contributed by atoms with Gasteiger partial charge in [-0.3, -0.25) is 4.98 Å². The van der Waals surface area contributed by atoms with E-state index in [9.17, 15) is 0 Å². The Kier molecular flexibility index (Phi) is 3.91. The van der Waals surface area contributed by atoms with Crippen LogP contribution in [0.5, 0.6) is 0 Å². The van der Waals surface area contributed by atoms with Gasteiger partial charge >= 0.3 is 0 Å². The Morgan fingerprint density at radius 2 is 1.72 bits per heavy atom.